The lowest BCUT2D eigenvalue weighted by Crippen LogP contribution is -2.31. The molecular formula is C26H26Cl4O9. The molecule has 2 atom stereocenters. The second-order valence-corrected chi connectivity index (χ2v) is 9.26. The number of hydrogen-bond acceptors (Lipinski definition) is 9. The van der Waals surface area contributed by atoms with E-state index in [1.807, 2.05) is 0 Å². The van der Waals surface area contributed by atoms with Gasteiger partial charge in [0.15, 0.2) is 17.7 Å². The number of carbonyl (C=O) groups is 5. The lowest BCUT2D eigenvalue weighted by Gasteiger charge is -2.15. The van der Waals surface area contributed by atoms with E-state index in [-0.39, 0.29) is 47.2 Å². The fourth-order valence-corrected chi connectivity index (χ4v) is 3.45. The van der Waals surface area contributed by atoms with Gasteiger partial charge < -0.3 is 19.3 Å². The molecule has 212 valence electrons. The topological polar surface area (TPSA) is 133 Å². The van der Waals surface area contributed by atoms with Gasteiger partial charge in [0, 0.05) is 24.5 Å². The van der Waals surface area contributed by atoms with Crippen LogP contribution in [0.5, 0.6) is 0 Å². The Morgan fingerprint density at radius 3 is 1.56 bits per heavy atom. The number of Topliss-reactive ketones (excluding diaryl/α,β-unsaturated/α-hetero) is 2. The SMILES string of the molecule is CCOC(=O)C(CC(=O)c1ccc(Cl)c(Cl)c1)OC(C)=O.CCOC(=O)C(O)CC(=O)c1ccc(Cl)c(Cl)c1. The second-order valence-electron chi connectivity index (χ2n) is 7.63. The zero-order chi connectivity index (χ0) is 29.7. The molecule has 0 fully saturated rings. The molecule has 2 aromatic rings. The molecule has 0 aliphatic heterocycles. The molecule has 0 aromatic heterocycles. The summed E-state index contributed by atoms with van der Waals surface area (Å²) < 4.78 is 14.2. The van der Waals surface area contributed by atoms with Gasteiger partial charge in [0.05, 0.1) is 39.7 Å². The average molecular weight is 624 g/mol. The maximum absolute atomic E-state index is 12.1. The lowest BCUT2D eigenvalue weighted by molar-refractivity contribution is -0.166. The normalized spacial score (nSPS) is 11.8. The van der Waals surface area contributed by atoms with Crippen LogP contribution in [0.15, 0.2) is 36.4 Å². The number of hydrogen-bond donors (Lipinski definition) is 1. The van der Waals surface area contributed by atoms with E-state index in [0.29, 0.717) is 10.0 Å². The summed E-state index contributed by atoms with van der Waals surface area (Å²) in [5.74, 6) is -3.07. The van der Waals surface area contributed by atoms with Crippen molar-refractivity contribution in [2.75, 3.05) is 13.2 Å². The molecule has 0 saturated carbocycles. The summed E-state index contributed by atoms with van der Waals surface area (Å²) in [5, 5.41) is 10.6. The first kappa shape index (κ1) is 34.3. The molecule has 2 rings (SSSR count). The maximum Gasteiger partial charge on any atom is 0.347 e. The smallest absolute Gasteiger partial charge is 0.347 e. The van der Waals surface area contributed by atoms with Gasteiger partial charge in [-0.3, -0.25) is 14.4 Å². The van der Waals surface area contributed by atoms with Crippen LogP contribution in [0.4, 0.5) is 0 Å². The molecule has 0 bridgehead atoms. The van der Waals surface area contributed by atoms with E-state index < -0.39 is 41.7 Å². The second kappa shape index (κ2) is 17.1. The Hall–Kier alpha value is -2.69. The first-order valence-corrected chi connectivity index (χ1v) is 13.0. The summed E-state index contributed by atoms with van der Waals surface area (Å²) in [6.07, 6.45) is -3.41. The van der Waals surface area contributed by atoms with Crippen LogP contribution in [0, 0.1) is 0 Å². The average Bonchev–Trinajstić information content (AvgIpc) is 2.87. The largest absolute Gasteiger partial charge is 0.464 e. The molecule has 13 heteroatoms. The number of carbonyl (C=O) groups excluding carboxylic acids is 5. The molecule has 0 radical (unpaired) electrons. The van der Waals surface area contributed by atoms with Gasteiger partial charge in [-0.25, -0.2) is 9.59 Å². The van der Waals surface area contributed by atoms with E-state index in [2.05, 4.69) is 4.74 Å². The third kappa shape index (κ3) is 11.9. The van der Waals surface area contributed by atoms with Crippen LogP contribution in [0.1, 0.15) is 54.3 Å². The summed E-state index contributed by atoms with van der Waals surface area (Å²) in [6.45, 7) is 4.65. The number of rotatable bonds is 11. The molecule has 0 saturated heterocycles. The van der Waals surface area contributed by atoms with E-state index in [4.69, 9.17) is 55.9 Å². The molecular weight excluding hydrogens is 598 g/mol. The highest BCUT2D eigenvalue weighted by Crippen LogP contribution is 2.24. The highest BCUT2D eigenvalue weighted by Gasteiger charge is 2.27. The predicted molar refractivity (Wildman–Crippen MR) is 146 cm³/mol. The van der Waals surface area contributed by atoms with E-state index in [1.165, 1.54) is 36.4 Å². The van der Waals surface area contributed by atoms with Crippen molar-refractivity contribution < 1.29 is 43.3 Å². The van der Waals surface area contributed by atoms with Crippen LogP contribution in [0.25, 0.3) is 0 Å². The first-order valence-electron chi connectivity index (χ1n) is 11.5. The zero-order valence-corrected chi connectivity index (χ0v) is 24.2. The van der Waals surface area contributed by atoms with E-state index in [0.717, 1.165) is 6.92 Å². The molecule has 2 aromatic carbocycles. The quantitative estimate of drug-likeness (QED) is 0.194. The number of aliphatic hydroxyl groups excluding tert-OH is 1. The number of ketones is 2. The van der Waals surface area contributed by atoms with Crippen LogP contribution in [0.2, 0.25) is 20.1 Å². The summed E-state index contributed by atoms with van der Waals surface area (Å²) in [6, 6.07) is 8.70. The summed E-state index contributed by atoms with van der Waals surface area (Å²) in [7, 11) is 0. The van der Waals surface area contributed by atoms with Crippen LogP contribution in [0.3, 0.4) is 0 Å². The summed E-state index contributed by atoms with van der Waals surface area (Å²) in [5.41, 5.74) is 0.554. The molecule has 0 amide bonds. The third-order valence-corrected chi connectivity index (χ3v) is 6.13. The molecule has 0 spiro atoms. The van der Waals surface area contributed by atoms with Gasteiger partial charge in [-0.2, -0.15) is 0 Å². The van der Waals surface area contributed by atoms with Gasteiger partial charge >= 0.3 is 17.9 Å². The summed E-state index contributed by atoms with van der Waals surface area (Å²) >= 11 is 23.1. The van der Waals surface area contributed by atoms with Gasteiger partial charge in [0.1, 0.15) is 0 Å². The Labute approximate surface area is 245 Å². The van der Waals surface area contributed by atoms with Crippen LogP contribution >= 0.6 is 46.4 Å². The Morgan fingerprint density at radius 2 is 1.15 bits per heavy atom. The highest BCUT2D eigenvalue weighted by atomic mass is 35.5. The van der Waals surface area contributed by atoms with Gasteiger partial charge in [-0.15, -0.1) is 0 Å². The van der Waals surface area contributed by atoms with Gasteiger partial charge in [0.25, 0.3) is 0 Å². The first-order chi connectivity index (χ1) is 18.3. The number of aliphatic hydroxyl groups is 1. The highest BCUT2D eigenvalue weighted by molar-refractivity contribution is 6.42. The van der Waals surface area contributed by atoms with Crippen molar-refractivity contribution in [3.63, 3.8) is 0 Å². The minimum absolute atomic E-state index is 0.123. The number of esters is 3. The minimum Gasteiger partial charge on any atom is -0.464 e. The number of ether oxygens (including phenoxy) is 3. The monoisotopic (exact) mass is 622 g/mol. The Morgan fingerprint density at radius 1 is 0.718 bits per heavy atom. The molecule has 0 aliphatic carbocycles. The molecule has 1 N–H and O–H groups in total. The van der Waals surface area contributed by atoms with Crippen molar-refractivity contribution in [1.29, 1.82) is 0 Å². The van der Waals surface area contributed by atoms with Crippen molar-refractivity contribution in [2.45, 2.75) is 45.8 Å². The number of halogens is 4. The molecule has 9 nitrogen and oxygen atoms in total. The Kier molecular flexibility index (Phi) is 15.1. The molecule has 2 unspecified atom stereocenters. The van der Waals surface area contributed by atoms with Crippen molar-refractivity contribution >= 4 is 75.9 Å². The third-order valence-electron chi connectivity index (χ3n) is 4.65. The minimum atomic E-state index is -1.47. The predicted octanol–water partition coefficient (Wildman–Crippen LogP) is 5.55. The maximum atomic E-state index is 12.1. The Balaban J connectivity index is 0.000000395. The fourth-order valence-electron chi connectivity index (χ4n) is 2.85. The lowest BCUT2D eigenvalue weighted by atomic mass is 10.1. The molecule has 0 aliphatic rings. The Bertz CT molecular complexity index is 1200. The van der Waals surface area contributed by atoms with E-state index in [9.17, 15) is 29.1 Å². The summed E-state index contributed by atoms with van der Waals surface area (Å²) in [4.78, 5) is 57.7. The van der Waals surface area contributed by atoms with Gasteiger partial charge in [-0.1, -0.05) is 46.4 Å². The van der Waals surface area contributed by atoms with E-state index >= 15 is 0 Å². The van der Waals surface area contributed by atoms with Crippen molar-refractivity contribution in [3.8, 4) is 0 Å². The van der Waals surface area contributed by atoms with Gasteiger partial charge in [0.2, 0.25) is 6.10 Å². The van der Waals surface area contributed by atoms with Crippen LogP contribution < -0.4 is 0 Å². The van der Waals surface area contributed by atoms with Crippen molar-refractivity contribution in [3.05, 3.63) is 67.6 Å². The van der Waals surface area contributed by atoms with E-state index in [1.54, 1.807) is 13.8 Å². The zero-order valence-electron chi connectivity index (χ0n) is 21.2. The van der Waals surface area contributed by atoms with Crippen LogP contribution in [-0.4, -0.2) is 60.0 Å². The fraction of sp³-hybridized carbons (Fsp3) is 0.346. The van der Waals surface area contributed by atoms with Crippen molar-refractivity contribution in [2.24, 2.45) is 0 Å². The van der Waals surface area contributed by atoms with Crippen molar-refractivity contribution in [1.82, 2.24) is 0 Å². The van der Waals surface area contributed by atoms with Gasteiger partial charge in [-0.05, 0) is 50.2 Å². The molecule has 0 heterocycles. The number of benzene rings is 2. The standard InChI is InChI=1S/C14H14Cl2O5.C12H12Cl2O4/c1-3-20-14(19)13(21-8(2)17)7-12(18)9-4-5-10(15)11(16)6-9;1-2-18-12(17)11(16)6-10(15)7-3-4-8(13)9(14)5-7/h4-6,13H,3,7H2,1-2H3;3-5,11,16H,2,6H2,1H3. The molecule has 39 heavy (non-hydrogen) atoms. The van der Waals surface area contributed by atoms with Crippen LogP contribution in [-0.2, 0) is 28.6 Å².